The van der Waals surface area contributed by atoms with Crippen LogP contribution in [0.3, 0.4) is 0 Å². The molecule has 1 aromatic carbocycles. The van der Waals surface area contributed by atoms with Crippen molar-refractivity contribution in [3.05, 3.63) is 53.7 Å². The van der Waals surface area contributed by atoms with Crippen molar-refractivity contribution >= 4 is 11.8 Å². The summed E-state index contributed by atoms with van der Waals surface area (Å²) in [5.74, 6) is 0.942. The minimum atomic E-state index is -0.216. The molecule has 3 N–H and O–H groups in total. The lowest BCUT2D eigenvalue weighted by molar-refractivity contribution is 0.184. The first-order valence-corrected chi connectivity index (χ1v) is 7.59. The number of methoxy groups -OCH3 is 1. The highest BCUT2D eigenvalue weighted by Gasteiger charge is 2.30. The molecule has 1 aromatic heterocycles. The molecule has 23 heavy (non-hydrogen) atoms. The number of carbonyl (C=O) groups excluding carboxylic acids is 1. The Morgan fingerprint density at radius 1 is 1.39 bits per heavy atom. The zero-order chi connectivity index (χ0) is 16.2. The van der Waals surface area contributed by atoms with Crippen molar-refractivity contribution in [2.75, 3.05) is 25.5 Å². The lowest BCUT2D eigenvalue weighted by atomic mass is 9.93. The van der Waals surface area contributed by atoms with E-state index in [1.54, 1.807) is 30.3 Å². The largest absolute Gasteiger partial charge is 0.493 e. The van der Waals surface area contributed by atoms with Gasteiger partial charge >= 0.3 is 6.03 Å². The fourth-order valence-corrected chi connectivity index (χ4v) is 2.97. The van der Waals surface area contributed by atoms with Gasteiger partial charge in [-0.25, -0.2) is 9.78 Å². The predicted molar refractivity (Wildman–Crippen MR) is 88.5 cm³/mol. The van der Waals surface area contributed by atoms with Gasteiger partial charge in [0.25, 0.3) is 0 Å². The summed E-state index contributed by atoms with van der Waals surface area (Å²) in [6.07, 6.45) is 2.43. The van der Waals surface area contributed by atoms with Gasteiger partial charge in [0.2, 0.25) is 0 Å². The SMILES string of the molecule is COc1cccnc1NC(=O)N1CCc2ccccc2C1CN. The Morgan fingerprint density at radius 2 is 2.22 bits per heavy atom. The molecule has 6 nitrogen and oxygen atoms in total. The molecule has 1 atom stereocenters. The third-order valence-corrected chi connectivity index (χ3v) is 4.11. The number of nitrogens with zero attached hydrogens (tertiary/aromatic N) is 2. The molecule has 2 aromatic rings. The van der Waals surface area contributed by atoms with Crippen molar-refractivity contribution in [2.45, 2.75) is 12.5 Å². The van der Waals surface area contributed by atoms with Gasteiger partial charge in [0.15, 0.2) is 11.6 Å². The van der Waals surface area contributed by atoms with E-state index in [-0.39, 0.29) is 12.1 Å². The van der Waals surface area contributed by atoms with Crippen molar-refractivity contribution in [1.82, 2.24) is 9.88 Å². The summed E-state index contributed by atoms with van der Waals surface area (Å²) in [5.41, 5.74) is 8.30. The molecule has 120 valence electrons. The van der Waals surface area contributed by atoms with Crippen LogP contribution >= 0.6 is 0 Å². The normalized spacial score (nSPS) is 16.6. The molecule has 0 saturated heterocycles. The van der Waals surface area contributed by atoms with E-state index in [1.165, 1.54) is 5.56 Å². The molecule has 0 radical (unpaired) electrons. The number of benzene rings is 1. The average molecular weight is 312 g/mol. The van der Waals surface area contributed by atoms with Crippen LogP contribution in [-0.4, -0.2) is 36.1 Å². The van der Waals surface area contributed by atoms with Gasteiger partial charge in [-0.05, 0) is 29.7 Å². The van der Waals surface area contributed by atoms with Gasteiger partial charge in [0.1, 0.15) is 0 Å². The molecule has 2 heterocycles. The summed E-state index contributed by atoms with van der Waals surface area (Å²) < 4.78 is 5.22. The molecule has 1 aliphatic heterocycles. The number of ether oxygens (including phenoxy) is 1. The first-order valence-electron chi connectivity index (χ1n) is 7.59. The molecule has 2 amide bonds. The Balaban J connectivity index is 1.82. The summed E-state index contributed by atoms with van der Waals surface area (Å²) in [5, 5.41) is 2.82. The Morgan fingerprint density at radius 3 is 3.00 bits per heavy atom. The van der Waals surface area contributed by atoms with Crippen LogP contribution in [0.4, 0.5) is 10.6 Å². The van der Waals surface area contributed by atoms with E-state index in [0.29, 0.717) is 24.7 Å². The number of carbonyl (C=O) groups is 1. The van der Waals surface area contributed by atoms with Crippen LogP contribution in [0.2, 0.25) is 0 Å². The highest BCUT2D eigenvalue weighted by Crippen LogP contribution is 2.30. The van der Waals surface area contributed by atoms with Crippen molar-refractivity contribution < 1.29 is 9.53 Å². The molecule has 0 saturated carbocycles. The summed E-state index contributed by atoms with van der Waals surface area (Å²) in [6.45, 7) is 1.00. The number of hydrogen-bond donors (Lipinski definition) is 2. The van der Waals surface area contributed by atoms with Crippen LogP contribution in [-0.2, 0) is 6.42 Å². The second kappa shape index (κ2) is 6.66. The molecule has 1 aliphatic rings. The van der Waals surface area contributed by atoms with Gasteiger partial charge in [-0.2, -0.15) is 0 Å². The lowest BCUT2D eigenvalue weighted by Crippen LogP contribution is -2.45. The average Bonchev–Trinajstić information content (AvgIpc) is 2.61. The van der Waals surface area contributed by atoms with E-state index in [4.69, 9.17) is 10.5 Å². The smallest absolute Gasteiger partial charge is 0.323 e. The third kappa shape index (κ3) is 2.98. The third-order valence-electron chi connectivity index (χ3n) is 4.11. The highest BCUT2D eigenvalue weighted by molar-refractivity contribution is 5.90. The number of pyridine rings is 1. The van der Waals surface area contributed by atoms with Gasteiger partial charge in [0, 0.05) is 19.3 Å². The summed E-state index contributed by atoms with van der Waals surface area (Å²) >= 11 is 0. The molecule has 0 fully saturated rings. The minimum absolute atomic E-state index is 0.130. The monoisotopic (exact) mass is 312 g/mol. The maximum absolute atomic E-state index is 12.7. The Hall–Kier alpha value is -2.60. The topological polar surface area (TPSA) is 80.5 Å². The predicted octanol–water partition coefficient (Wildman–Crippen LogP) is 2.18. The quantitative estimate of drug-likeness (QED) is 0.910. The second-order valence-electron chi connectivity index (χ2n) is 5.38. The Bertz CT molecular complexity index is 704. The molecule has 0 aliphatic carbocycles. The van der Waals surface area contributed by atoms with Crippen LogP contribution in [0.1, 0.15) is 17.2 Å². The molecule has 6 heteroatoms. The van der Waals surface area contributed by atoms with Crippen LogP contribution in [0.25, 0.3) is 0 Å². The Labute approximate surface area is 135 Å². The lowest BCUT2D eigenvalue weighted by Gasteiger charge is -2.36. The second-order valence-corrected chi connectivity index (χ2v) is 5.38. The van der Waals surface area contributed by atoms with E-state index in [2.05, 4.69) is 16.4 Å². The summed E-state index contributed by atoms with van der Waals surface area (Å²) in [7, 11) is 1.55. The summed E-state index contributed by atoms with van der Waals surface area (Å²) in [6, 6.07) is 11.3. The first-order chi connectivity index (χ1) is 11.2. The van der Waals surface area contributed by atoms with Crippen LogP contribution in [0.5, 0.6) is 5.75 Å². The fourth-order valence-electron chi connectivity index (χ4n) is 2.97. The first kappa shape index (κ1) is 15.3. The number of nitrogens with one attached hydrogen (secondary N) is 1. The summed E-state index contributed by atoms with van der Waals surface area (Å²) in [4.78, 5) is 18.6. The zero-order valence-electron chi connectivity index (χ0n) is 13.0. The number of urea groups is 1. The van der Waals surface area contributed by atoms with E-state index >= 15 is 0 Å². The number of amides is 2. The molecule has 0 bridgehead atoms. The number of rotatable bonds is 3. The van der Waals surface area contributed by atoms with E-state index < -0.39 is 0 Å². The number of fused-ring (bicyclic) bond motifs is 1. The van der Waals surface area contributed by atoms with Crippen LogP contribution in [0, 0.1) is 0 Å². The molecule has 3 rings (SSSR count). The van der Waals surface area contributed by atoms with Gasteiger partial charge < -0.3 is 15.4 Å². The van der Waals surface area contributed by atoms with Crippen molar-refractivity contribution in [2.24, 2.45) is 5.73 Å². The van der Waals surface area contributed by atoms with Gasteiger partial charge in [-0.15, -0.1) is 0 Å². The molecule has 1 unspecified atom stereocenters. The van der Waals surface area contributed by atoms with Crippen molar-refractivity contribution in [3.63, 3.8) is 0 Å². The van der Waals surface area contributed by atoms with E-state index in [0.717, 1.165) is 12.0 Å². The van der Waals surface area contributed by atoms with Gasteiger partial charge in [-0.1, -0.05) is 24.3 Å². The highest BCUT2D eigenvalue weighted by atomic mass is 16.5. The zero-order valence-corrected chi connectivity index (χ0v) is 13.0. The van der Waals surface area contributed by atoms with Crippen molar-refractivity contribution in [3.8, 4) is 5.75 Å². The maximum atomic E-state index is 12.7. The van der Waals surface area contributed by atoms with E-state index in [9.17, 15) is 4.79 Å². The molecular formula is C17H20N4O2. The maximum Gasteiger partial charge on any atom is 0.323 e. The molecular weight excluding hydrogens is 292 g/mol. The minimum Gasteiger partial charge on any atom is -0.493 e. The van der Waals surface area contributed by atoms with Crippen LogP contribution < -0.4 is 15.8 Å². The van der Waals surface area contributed by atoms with Crippen LogP contribution in [0.15, 0.2) is 42.6 Å². The van der Waals surface area contributed by atoms with Gasteiger partial charge in [0.05, 0.1) is 13.2 Å². The standard InChI is InChI=1S/C17H20N4O2/c1-23-15-7-4-9-19-16(15)20-17(22)21-10-8-12-5-2-3-6-13(12)14(21)11-18/h2-7,9,14H,8,10-11,18H2,1H3,(H,19,20,22). The number of anilines is 1. The fraction of sp³-hybridized carbons (Fsp3) is 0.294. The number of nitrogens with two attached hydrogens (primary N) is 1. The van der Waals surface area contributed by atoms with Gasteiger partial charge in [-0.3, -0.25) is 5.32 Å². The number of aromatic nitrogens is 1. The Kier molecular flexibility index (Phi) is 4.43. The van der Waals surface area contributed by atoms with E-state index in [1.807, 2.05) is 18.2 Å². The molecule has 0 spiro atoms. The number of hydrogen-bond acceptors (Lipinski definition) is 4. The van der Waals surface area contributed by atoms with Crippen molar-refractivity contribution in [1.29, 1.82) is 0 Å².